The van der Waals surface area contributed by atoms with E-state index in [4.69, 9.17) is 0 Å². The first-order chi connectivity index (χ1) is 9.29. The van der Waals surface area contributed by atoms with E-state index in [1.54, 1.807) is 18.5 Å². The van der Waals surface area contributed by atoms with Crippen LogP contribution in [0.4, 0.5) is 4.39 Å². The highest BCUT2D eigenvalue weighted by molar-refractivity contribution is 5.80. The van der Waals surface area contributed by atoms with Gasteiger partial charge in [0.2, 0.25) is 0 Å². The number of aromatic amines is 1. The Labute approximate surface area is 111 Å². The Balaban J connectivity index is 2.11. The molecule has 0 amide bonds. The van der Waals surface area contributed by atoms with Gasteiger partial charge in [0.05, 0.1) is 5.52 Å². The van der Waals surface area contributed by atoms with Gasteiger partial charge < -0.3 is 4.98 Å². The van der Waals surface area contributed by atoms with Crippen LogP contribution in [0, 0.1) is 12.7 Å². The van der Waals surface area contributed by atoms with Crippen LogP contribution < -0.4 is 0 Å². The summed E-state index contributed by atoms with van der Waals surface area (Å²) in [5, 5.41) is 0.886. The second kappa shape index (κ2) is 4.84. The number of H-pyrrole nitrogens is 1. The third-order valence-corrected chi connectivity index (χ3v) is 3.41. The summed E-state index contributed by atoms with van der Waals surface area (Å²) in [5.74, 6) is -0.151. The molecule has 1 aromatic carbocycles. The van der Waals surface area contributed by atoms with E-state index in [9.17, 15) is 4.39 Å². The number of benzene rings is 1. The van der Waals surface area contributed by atoms with Gasteiger partial charge in [0, 0.05) is 29.9 Å². The Bertz CT molecular complexity index is 688. The molecule has 1 radical (unpaired) electrons. The van der Waals surface area contributed by atoms with Gasteiger partial charge in [0.1, 0.15) is 5.82 Å². The van der Waals surface area contributed by atoms with Crippen molar-refractivity contribution in [3.8, 4) is 0 Å². The van der Waals surface area contributed by atoms with Gasteiger partial charge in [-0.2, -0.15) is 0 Å². The van der Waals surface area contributed by atoms with Crippen LogP contribution in [0.15, 0.2) is 48.9 Å². The molecule has 0 fully saturated rings. The van der Waals surface area contributed by atoms with Gasteiger partial charge in [-0.25, -0.2) is 4.39 Å². The van der Waals surface area contributed by atoms with Crippen molar-refractivity contribution >= 4 is 10.9 Å². The quantitative estimate of drug-likeness (QED) is 0.749. The Kier molecular flexibility index (Phi) is 3.03. The Hall–Kier alpha value is -2.16. The van der Waals surface area contributed by atoms with Crippen LogP contribution >= 0.6 is 0 Å². The molecule has 3 aromatic rings. The van der Waals surface area contributed by atoms with Crippen molar-refractivity contribution in [2.45, 2.75) is 12.3 Å². The van der Waals surface area contributed by atoms with Crippen LogP contribution in [-0.4, -0.2) is 9.97 Å². The summed E-state index contributed by atoms with van der Waals surface area (Å²) in [6.45, 7) is 3.98. The molecule has 0 saturated carbocycles. The van der Waals surface area contributed by atoms with E-state index in [0.717, 1.165) is 16.5 Å². The molecule has 0 aliphatic carbocycles. The molecule has 2 nitrogen and oxygen atoms in total. The second-order valence-electron chi connectivity index (χ2n) is 4.57. The zero-order valence-corrected chi connectivity index (χ0v) is 10.4. The highest BCUT2D eigenvalue weighted by Gasteiger charge is 2.15. The largest absolute Gasteiger partial charge is 0.359 e. The molecule has 95 valence electrons. The van der Waals surface area contributed by atoms with Crippen molar-refractivity contribution in [1.82, 2.24) is 9.97 Å². The summed E-state index contributed by atoms with van der Waals surface area (Å²) in [5.41, 5.74) is 2.55. The fourth-order valence-electron chi connectivity index (χ4n) is 2.46. The first kappa shape index (κ1) is 11.9. The average molecular weight is 253 g/mol. The van der Waals surface area contributed by atoms with Gasteiger partial charge in [-0.1, -0.05) is 13.0 Å². The first-order valence-corrected chi connectivity index (χ1v) is 6.25. The van der Waals surface area contributed by atoms with Crippen molar-refractivity contribution in [2.75, 3.05) is 0 Å². The molecule has 1 N–H and O–H groups in total. The standard InChI is InChI=1S/C16H14FN2/c1-2-14(12-4-3-6-18-10-12)13-8-11-5-7-19-16(11)15(17)9-13/h3-10,14,19H,1-2H2. The topological polar surface area (TPSA) is 28.7 Å². The van der Waals surface area contributed by atoms with Gasteiger partial charge in [-0.05, 0) is 41.8 Å². The molecular weight excluding hydrogens is 239 g/mol. The van der Waals surface area contributed by atoms with Crippen molar-refractivity contribution in [1.29, 1.82) is 0 Å². The predicted octanol–water partition coefficient (Wildman–Crippen LogP) is 4.06. The predicted molar refractivity (Wildman–Crippen MR) is 74.3 cm³/mol. The monoisotopic (exact) mass is 253 g/mol. The Morgan fingerprint density at radius 3 is 2.89 bits per heavy atom. The molecule has 1 unspecified atom stereocenters. The molecule has 2 heterocycles. The summed E-state index contributed by atoms with van der Waals surface area (Å²) >= 11 is 0. The van der Waals surface area contributed by atoms with Gasteiger partial charge in [-0.15, -0.1) is 0 Å². The maximum atomic E-state index is 14.0. The minimum atomic E-state index is -0.222. The Morgan fingerprint density at radius 2 is 2.16 bits per heavy atom. The lowest BCUT2D eigenvalue weighted by molar-refractivity contribution is 0.632. The highest BCUT2D eigenvalue weighted by atomic mass is 19.1. The Morgan fingerprint density at radius 1 is 1.26 bits per heavy atom. The second-order valence-corrected chi connectivity index (χ2v) is 4.57. The van der Waals surface area contributed by atoms with E-state index in [1.165, 1.54) is 0 Å². The van der Waals surface area contributed by atoms with Gasteiger partial charge in [-0.3, -0.25) is 4.98 Å². The minimum absolute atomic E-state index is 0.0718. The van der Waals surface area contributed by atoms with E-state index in [0.29, 0.717) is 11.9 Å². The molecule has 0 saturated heterocycles. The summed E-state index contributed by atoms with van der Waals surface area (Å²) in [7, 11) is 0. The van der Waals surface area contributed by atoms with Gasteiger partial charge in [0.15, 0.2) is 0 Å². The number of hydrogen-bond acceptors (Lipinski definition) is 1. The third kappa shape index (κ3) is 2.12. The molecule has 19 heavy (non-hydrogen) atoms. The van der Waals surface area contributed by atoms with E-state index < -0.39 is 0 Å². The number of fused-ring (bicyclic) bond motifs is 1. The van der Waals surface area contributed by atoms with Crippen molar-refractivity contribution in [3.63, 3.8) is 0 Å². The van der Waals surface area contributed by atoms with E-state index >= 15 is 0 Å². The van der Waals surface area contributed by atoms with E-state index in [-0.39, 0.29) is 11.7 Å². The highest BCUT2D eigenvalue weighted by Crippen LogP contribution is 2.30. The summed E-state index contributed by atoms with van der Waals surface area (Å²) < 4.78 is 14.0. The van der Waals surface area contributed by atoms with E-state index in [2.05, 4.69) is 16.9 Å². The number of nitrogens with one attached hydrogen (secondary N) is 1. The maximum absolute atomic E-state index is 14.0. The smallest absolute Gasteiger partial charge is 0.147 e. The maximum Gasteiger partial charge on any atom is 0.147 e. The number of pyridine rings is 1. The van der Waals surface area contributed by atoms with Crippen LogP contribution in [0.1, 0.15) is 23.5 Å². The summed E-state index contributed by atoms with van der Waals surface area (Å²) in [6, 6.07) is 9.37. The molecule has 3 rings (SSSR count). The zero-order chi connectivity index (χ0) is 13.2. The molecule has 3 heteroatoms. The SMILES string of the molecule is [CH2]CC(c1cccnc1)c1cc(F)c2[nH]ccc2c1. The lowest BCUT2D eigenvalue weighted by Gasteiger charge is -2.15. The molecule has 0 spiro atoms. The first-order valence-electron chi connectivity index (χ1n) is 6.25. The van der Waals surface area contributed by atoms with Crippen molar-refractivity contribution in [3.05, 3.63) is 72.8 Å². The molecule has 0 aliphatic heterocycles. The van der Waals surface area contributed by atoms with Crippen molar-refractivity contribution < 1.29 is 4.39 Å². The number of hydrogen-bond donors (Lipinski definition) is 1. The number of rotatable bonds is 3. The van der Waals surface area contributed by atoms with Crippen LogP contribution in [0.25, 0.3) is 10.9 Å². The minimum Gasteiger partial charge on any atom is -0.359 e. The molecule has 1 atom stereocenters. The lowest BCUT2D eigenvalue weighted by atomic mass is 9.89. The van der Waals surface area contributed by atoms with Gasteiger partial charge >= 0.3 is 0 Å². The normalized spacial score (nSPS) is 12.7. The van der Waals surface area contributed by atoms with E-state index in [1.807, 2.05) is 30.5 Å². The van der Waals surface area contributed by atoms with Crippen LogP contribution in [0.3, 0.4) is 0 Å². The lowest BCUT2D eigenvalue weighted by Crippen LogP contribution is -2.01. The van der Waals surface area contributed by atoms with Gasteiger partial charge in [0.25, 0.3) is 0 Å². The fourth-order valence-corrected chi connectivity index (χ4v) is 2.46. The number of halogens is 1. The zero-order valence-electron chi connectivity index (χ0n) is 10.4. The molecular formula is C16H14FN2. The summed E-state index contributed by atoms with van der Waals surface area (Å²) in [4.78, 5) is 7.03. The number of nitrogens with zero attached hydrogens (tertiary/aromatic N) is 1. The molecule has 0 aliphatic rings. The van der Waals surface area contributed by atoms with Crippen LogP contribution in [-0.2, 0) is 0 Å². The number of aromatic nitrogens is 2. The third-order valence-electron chi connectivity index (χ3n) is 3.41. The van der Waals surface area contributed by atoms with Crippen molar-refractivity contribution in [2.24, 2.45) is 0 Å². The molecule has 0 bridgehead atoms. The molecule has 2 aromatic heterocycles. The van der Waals surface area contributed by atoms with Crippen LogP contribution in [0.2, 0.25) is 0 Å². The fraction of sp³-hybridized carbons (Fsp3) is 0.125. The average Bonchev–Trinajstić information content (AvgIpc) is 2.90. The van der Waals surface area contributed by atoms with Crippen LogP contribution in [0.5, 0.6) is 0 Å². The summed E-state index contributed by atoms with van der Waals surface area (Å²) in [6.07, 6.45) is 5.97.